The third-order valence-corrected chi connectivity index (χ3v) is 7.21. The molecule has 2 saturated heterocycles. The van der Waals surface area contributed by atoms with Gasteiger partial charge >= 0.3 is 0 Å². The highest BCUT2D eigenvalue weighted by Gasteiger charge is 2.74. The van der Waals surface area contributed by atoms with E-state index in [0.29, 0.717) is 12.0 Å². The van der Waals surface area contributed by atoms with Gasteiger partial charge in [0.15, 0.2) is 0 Å². The van der Waals surface area contributed by atoms with Crippen LogP contribution in [0.15, 0.2) is 84.9 Å². The minimum Gasteiger partial charge on any atom is -0.349 e. The molecule has 1 aliphatic carbocycles. The summed E-state index contributed by atoms with van der Waals surface area (Å²) in [5, 5.41) is 0. The van der Waals surface area contributed by atoms with Crippen molar-refractivity contribution in [2.24, 2.45) is 11.8 Å². The third kappa shape index (κ3) is 2.72. The molecule has 0 N–H and O–H groups in total. The van der Waals surface area contributed by atoms with Crippen LogP contribution in [0.1, 0.15) is 37.9 Å². The van der Waals surface area contributed by atoms with E-state index in [4.69, 9.17) is 4.74 Å². The number of nitrogens with zero attached hydrogens (tertiary/aromatic N) is 1. The molecular weight excluding hydrogens is 430 g/mol. The van der Waals surface area contributed by atoms with Crippen LogP contribution in [0.3, 0.4) is 0 Å². The average molecular weight is 451 g/mol. The number of rotatable bonds is 4. The van der Waals surface area contributed by atoms with Crippen molar-refractivity contribution >= 4 is 23.4 Å². The predicted molar refractivity (Wildman–Crippen MR) is 122 cm³/mol. The molecule has 3 aromatic rings. The Labute approximate surface area is 196 Å². The molecular formula is C28H21NO5. The van der Waals surface area contributed by atoms with Gasteiger partial charge in [-0.15, -0.1) is 0 Å². The molecule has 2 heterocycles. The first-order valence-electron chi connectivity index (χ1n) is 11.3. The molecule has 34 heavy (non-hydrogen) atoms. The molecule has 6 nitrogen and oxygen atoms in total. The van der Waals surface area contributed by atoms with E-state index in [2.05, 4.69) is 0 Å². The molecule has 2 fully saturated rings. The van der Waals surface area contributed by atoms with E-state index in [1.165, 1.54) is 4.90 Å². The Hall–Kier alpha value is -3.90. The van der Waals surface area contributed by atoms with Gasteiger partial charge in [0.1, 0.15) is 0 Å². The highest BCUT2D eigenvalue weighted by molar-refractivity contribution is 6.35. The van der Waals surface area contributed by atoms with E-state index in [1.807, 2.05) is 36.4 Å². The van der Waals surface area contributed by atoms with Crippen molar-refractivity contribution in [3.63, 3.8) is 0 Å². The normalized spacial score (nSPS) is 24.7. The van der Waals surface area contributed by atoms with Gasteiger partial charge in [0.05, 0.1) is 17.9 Å². The summed E-state index contributed by atoms with van der Waals surface area (Å²) in [6.45, 7) is 0.182. The zero-order chi connectivity index (χ0) is 23.4. The van der Waals surface area contributed by atoms with Crippen LogP contribution in [0.5, 0.6) is 0 Å². The number of imide groups is 1. The van der Waals surface area contributed by atoms with E-state index in [9.17, 15) is 19.2 Å². The zero-order valence-electron chi connectivity index (χ0n) is 18.2. The third-order valence-electron chi connectivity index (χ3n) is 7.21. The number of fused-ring (bicyclic) bond motifs is 3. The number of Topliss-reactive ketones (excluding diaryl/α,β-unsaturated/α-hetero) is 2. The summed E-state index contributed by atoms with van der Waals surface area (Å²) in [5.74, 6) is -4.10. The topological polar surface area (TPSA) is 80.8 Å². The van der Waals surface area contributed by atoms with Gasteiger partial charge < -0.3 is 4.74 Å². The predicted octanol–water partition coefficient (Wildman–Crippen LogP) is 3.42. The molecule has 3 atom stereocenters. The number of ketones is 2. The van der Waals surface area contributed by atoms with Crippen molar-refractivity contribution in [2.75, 3.05) is 6.54 Å². The molecule has 0 unspecified atom stereocenters. The lowest BCUT2D eigenvalue weighted by Crippen LogP contribution is -2.51. The smallest absolute Gasteiger partial charge is 0.237 e. The number of carbonyl (C=O) groups excluding carboxylic acids is 4. The number of ether oxygens (including phenoxy) is 1. The van der Waals surface area contributed by atoms with Crippen molar-refractivity contribution in [3.05, 3.63) is 107 Å². The Balaban J connectivity index is 1.43. The Bertz CT molecular complexity index is 1300. The van der Waals surface area contributed by atoms with Crippen molar-refractivity contribution < 1.29 is 23.9 Å². The molecule has 2 amide bonds. The lowest BCUT2D eigenvalue weighted by Gasteiger charge is -2.27. The van der Waals surface area contributed by atoms with Crippen LogP contribution in [0.4, 0.5) is 0 Å². The maximum Gasteiger partial charge on any atom is 0.237 e. The Morgan fingerprint density at radius 2 is 1.26 bits per heavy atom. The number of hydrogen-bond acceptors (Lipinski definition) is 5. The van der Waals surface area contributed by atoms with Crippen LogP contribution in [-0.2, 0) is 20.7 Å². The highest BCUT2D eigenvalue weighted by Crippen LogP contribution is 2.57. The first kappa shape index (κ1) is 20.7. The fourth-order valence-corrected chi connectivity index (χ4v) is 5.63. The summed E-state index contributed by atoms with van der Waals surface area (Å²) in [6, 6.07) is 25.1. The maximum atomic E-state index is 13.7. The summed E-state index contributed by atoms with van der Waals surface area (Å²) in [7, 11) is 0. The number of hydrogen-bond donors (Lipinski definition) is 0. The zero-order valence-corrected chi connectivity index (χ0v) is 18.2. The van der Waals surface area contributed by atoms with Gasteiger partial charge in [-0.05, 0) is 17.5 Å². The molecule has 3 aromatic carbocycles. The second-order valence-corrected chi connectivity index (χ2v) is 8.96. The van der Waals surface area contributed by atoms with Crippen LogP contribution >= 0.6 is 0 Å². The molecule has 1 spiro atoms. The van der Waals surface area contributed by atoms with Crippen LogP contribution in [0.25, 0.3) is 0 Å². The minimum absolute atomic E-state index is 0.182. The molecule has 6 rings (SSSR count). The summed E-state index contributed by atoms with van der Waals surface area (Å²) in [6.07, 6.45) is -0.379. The average Bonchev–Trinajstić information content (AvgIpc) is 3.44. The Morgan fingerprint density at radius 3 is 1.88 bits per heavy atom. The standard InChI is InChI=1S/C28H21NO5/c30-24-19-13-7-8-14-20(19)25(31)28(24)22-21(23(34-28)18-11-5-2-6-12-18)26(32)29(27(22)33)16-15-17-9-3-1-4-10-17/h1-14,21-23H,15-16H2/t21-,22+,23-/m1/s1. The van der Waals surface area contributed by atoms with Crippen molar-refractivity contribution in [2.45, 2.75) is 18.1 Å². The highest BCUT2D eigenvalue weighted by atomic mass is 16.5. The Kier molecular flexibility index (Phi) is 4.61. The Morgan fingerprint density at radius 1 is 0.706 bits per heavy atom. The number of carbonyl (C=O) groups is 4. The van der Waals surface area contributed by atoms with Crippen molar-refractivity contribution in [3.8, 4) is 0 Å². The summed E-state index contributed by atoms with van der Waals surface area (Å²) < 4.78 is 6.25. The van der Waals surface area contributed by atoms with E-state index < -0.39 is 46.9 Å². The fourth-order valence-electron chi connectivity index (χ4n) is 5.63. The minimum atomic E-state index is -2.01. The summed E-state index contributed by atoms with van der Waals surface area (Å²) in [4.78, 5) is 55.9. The monoisotopic (exact) mass is 451 g/mol. The quantitative estimate of drug-likeness (QED) is 0.449. The van der Waals surface area contributed by atoms with Gasteiger partial charge in [0.25, 0.3) is 0 Å². The van der Waals surface area contributed by atoms with Gasteiger partial charge in [-0.25, -0.2) is 0 Å². The molecule has 2 aliphatic heterocycles. The van der Waals surface area contributed by atoms with E-state index in [1.54, 1.807) is 48.5 Å². The van der Waals surface area contributed by atoms with E-state index in [0.717, 1.165) is 5.56 Å². The molecule has 168 valence electrons. The largest absolute Gasteiger partial charge is 0.349 e. The van der Waals surface area contributed by atoms with Crippen LogP contribution in [-0.4, -0.2) is 40.4 Å². The van der Waals surface area contributed by atoms with Gasteiger partial charge in [0, 0.05) is 17.7 Å². The number of benzene rings is 3. The second-order valence-electron chi connectivity index (χ2n) is 8.96. The summed E-state index contributed by atoms with van der Waals surface area (Å²) >= 11 is 0. The second kappa shape index (κ2) is 7.57. The van der Waals surface area contributed by atoms with Crippen LogP contribution in [0.2, 0.25) is 0 Å². The molecule has 0 radical (unpaired) electrons. The first-order valence-corrected chi connectivity index (χ1v) is 11.3. The molecule has 0 saturated carbocycles. The lowest BCUT2D eigenvalue weighted by atomic mass is 9.77. The van der Waals surface area contributed by atoms with Crippen molar-refractivity contribution in [1.82, 2.24) is 4.90 Å². The fraction of sp³-hybridized carbons (Fsp3) is 0.214. The van der Waals surface area contributed by atoms with Gasteiger partial charge in [-0.1, -0.05) is 84.9 Å². The van der Waals surface area contributed by atoms with Crippen LogP contribution in [0, 0.1) is 11.8 Å². The van der Waals surface area contributed by atoms with Crippen molar-refractivity contribution in [1.29, 1.82) is 0 Å². The molecule has 0 aromatic heterocycles. The van der Waals surface area contributed by atoms with Gasteiger partial charge in [-0.3, -0.25) is 24.1 Å². The van der Waals surface area contributed by atoms with E-state index in [-0.39, 0.29) is 17.7 Å². The molecule has 0 bridgehead atoms. The van der Waals surface area contributed by atoms with Crippen LogP contribution < -0.4 is 0 Å². The summed E-state index contributed by atoms with van der Waals surface area (Å²) in [5.41, 5.74) is 0.123. The first-order chi connectivity index (χ1) is 16.5. The molecule has 6 heteroatoms. The lowest BCUT2D eigenvalue weighted by molar-refractivity contribution is -0.144. The number of amides is 2. The van der Waals surface area contributed by atoms with Gasteiger partial charge in [-0.2, -0.15) is 0 Å². The number of likely N-dealkylation sites (tertiary alicyclic amines) is 1. The molecule has 3 aliphatic rings. The van der Waals surface area contributed by atoms with Gasteiger partial charge in [0.2, 0.25) is 29.0 Å². The SMILES string of the molecule is O=C1[C@H]2[C@@H](c3ccccc3)OC3(C(=O)c4ccccc4C3=O)[C@@H]2C(=O)N1CCc1ccccc1. The van der Waals surface area contributed by atoms with E-state index >= 15 is 0 Å². The maximum absolute atomic E-state index is 13.7.